The minimum atomic E-state index is 0. The fourth-order valence-electron chi connectivity index (χ4n) is 4.10. The Hall–Kier alpha value is -0.0800. The van der Waals surface area contributed by atoms with Crippen LogP contribution >= 0.6 is 24.0 Å². The number of nitrogens with one attached hydrogen (secondary N) is 2. The summed E-state index contributed by atoms with van der Waals surface area (Å²) in [6.45, 7) is 12.8. The lowest BCUT2D eigenvalue weighted by Crippen LogP contribution is -2.46. The van der Waals surface area contributed by atoms with Crippen molar-refractivity contribution in [2.75, 3.05) is 52.9 Å². The second-order valence-electron chi connectivity index (χ2n) is 7.59. The molecule has 2 aliphatic rings. The van der Waals surface area contributed by atoms with Gasteiger partial charge in [-0.2, -0.15) is 0 Å². The van der Waals surface area contributed by atoms with Gasteiger partial charge in [-0.25, -0.2) is 0 Å². The summed E-state index contributed by atoms with van der Waals surface area (Å²) in [6, 6.07) is 0.788. The summed E-state index contributed by atoms with van der Waals surface area (Å²) in [7, 11) is 1.87. The van der Waals surface area contributed by atoms with Crippen LogP contribution in [0.25, 0.3) is 0 Å². The molecule has 0 radical (unpaired) electrons. The lowest BCUT2D eigenvalue weighted by atomic mass is 10.0. The molecule has 0 aliphatic carbocycles. The number of likely N-dealkylation sites (tertiary alicyclic amines) is 2. The maximum absolute atomic E-state index is 4.38. The van der Waals surface area contributed by atoms with Gasteiger partial charge in [-0.15, -0.1) is 24.0 Å². The number of hydrogen-bond acceptors (Lipinski definition) is 3. The zero-order valence-corrected chi connectivity index (χ0v) is 18.9. The Balaban J connectivity index is 0.00000312. The smallest absolute Gasteiger partial charge is 0.191 e. The molecule has 0 aromatic rings. The Kier molecular flexibility index (Phi) is 12.1. The largest absolute Gasteiger partial charge is 0.356 e. The Morgan fingerprint density at radius 3 is 2.52 bits per heavy atom. The maximum Gasteiger partial charge on any atom is 0.191 e. The highest BCUT2D eigenvalue weighted by molar-refractivity contribution is 14.0. The quantitative estimate of drug-likeness (QED) is 0.329. The molecule has 0 aromatic heterocycles. The molecule has 0 spiro atoms. The molecule has 0 bridgehead atoms. The minimum Gasteiger partial charge on any atom is -0.356 e. The summed E-state index contributed by atoms with van der Waals surface area (Å²) in [5.41, 5.74) is 0. The van der Waals surface area contributed by atoms with E-state index in [9.17, 15) is 0 Å². The van der Waals surface area contributed by atoms with Gasteiger partial charge in [0, 0.05) is 39.3 Å². The van der Waals surface area contributed by atoms with Crippen LogP contribution in [0.3, 0.4) is 0 Å². The van der Waals surface area contributed by atoms with Gasteiger partial charge < -0.3 is 15.5 Å². The van der Waals surface area contributed by atoms with Gasteiger partial charge in [0.15, 0.2) is 5.96 Å². The molecule has 2 rings (SSSR count). The third-order valence-corrected chi connectivity index (χ3v) is 5.52. The van der Waals surface area contributed by atoms with Gasteiger partial charge in [-0.3, -0.25) is 9.89 Å². The summed E-state index contributed by atoms with van der Waals surface area (Å²) in [5.74, 6) is 1.61. The van der Waals surface area contributed by atoms with E-state index in [1.165, 1.54) is 64.7 Å². The third kappa shape index (κ3) is 8.43. The minimum absolute atomic E-state index is 0. The SMILES string of the molecule is CCC1CCCCN1CCNC(=NC)NCC(C)CN1CCCC1.I. The van der Waals surface area contributed by atoms with Crippen molar-refractivity contribution < 1.29 is 0 Å². The highest BCUT2D eigenvalue weighted by atomic mass is 127. The Labute approximate surface area is 172 Å². The fraction of sp³-hybridized carbons (Fsp3) is 0.947. The van der Waals surface area contributed by atoms with E-state index >= 15 is 0 Å². The molecule has 2 N–H and O–H groups in total. The van der Waals surface area contributed by atoms with E-state index in [1.807, 2.05) is 7.05 Å². The van der Waals surface area contributed by atoms with E-state index in [-0.39, 0.29) is 24.0 Å². The second kappa shape index (κ2) is 13.1. The fourth-order valence-corrected chi connectivity index (χ4v) is 4.10. The first-order chi connectivity index (χ1) is 11.7. The molecular formula is C19H40IN5. The summed E-state index contributed by atoms with van der Waals surface area (Å²) in [5, 5.41) is 6.99. The van der Waals surface area contributed by atoms with Crippen molar-refractivity contribution in [1.29, 1.82) is 0 Å². The van der Waals surface area contributed by atoms with Crippen molar-refractivity contribution in [3.05, 3.63) is 0 Å². The molecule has 2 fully saturated rings. The van der Waals surface area contributed by atoms with Gasteiger partial charge >= 0.3 is 0 Å². The number of hydrogen-bond donors (Lipinski definition) is 2. The first-order valence-electron chi connectivity index (χ1n) is 10.1. The lowest BCUT2D eigenvalue weighted by Gasteiger charge is -2.35. The van der Waals surface area contributed by atoms with Crippen molar-refractivity contribution in [1.82, 2.24) is 20.4 Å². The molecular weight excluding hydrogens is 425 g/mol. The molecule has 2 heterocycles. The number of nitrogens with zero attached hydrogens (tertiary/aromatic N) is 3. The topological polar surface area (TPSA) is 42.9 Å². The van der Waals surface area contributed by atoms with E-state index in [4.69, 9.17) is 0 Å². The van der Waals surface area contributed by atoms with Crippen molar-refractivity contribution in [2.24, 2.45) is 10.9 Å². The van der Waals surface area contributed by atoms with Gasteiger partial charge in [0.2, 0.25) is 0 Å². The molecule has 6 heteroatoms. The molecule has 0 saturated carbocycles. The summed E-state index contributed by atoms with van der Waals surface area (Å²) >= 11 is 0. The van der Waals surface area contributed by atoms with Crippen LogP contribution in [0, 0.1) is 5.92 Å². The van der Waals surface area contributed by atoms with Gasteiger partial charge in [0.05, 0.1) is 0 Å². The first kappa shape index (κ1) is 23.0. The third-order valence-electron chi connectivity index (χ3n) is 5.52. The molecule has 2 unspecified atom stereocenters. The maximum atomic E-state index is 4.38. The van der Waals surface area contributed by atoms with Crippen LogP contribution < -0.4 is 10.6 Å². The van der Waals surface area contributed by atoms with Crippen LogP contribution in [0.4, 0.5) is 0 Å². The monoisotopic (exact) mass is 465 g/mol. The van der Waals surface area contributed by atoms with E-state index in [1.54, 1.807) is 0 Å². The van der Waals surface area contributed by atoms with Crippen LogP contribution in [-0.2, 0) is 0 Å². The molecule has 2 aliphatic heterocycles. The van der Waals surface area contributed by atoms with Crippen molar-refractivity contribution in [3.8, 4) is 0 Å². The Morgan fingerprint density at radius 2 is 1.84 bits per heavy atom. The Morgan fingerprint density at radius 1 is 1.12 bits per heavy atom. The molecule has 0 amide bonds. The van der Waals surface area contributed by atoms with Crippen molar-refractivity contribution >= 4 is 29.9 Å². The van der Waals surface area contributed by atoms with Crippen LogP contribution in [0.1, 0.15) is 52.4 Å². The molecule has 25 heavy (non-hydrogen) atoms. The van der Waals surface area contributed by atoms with Gasteiger partial charge in [-0.05, 0) is 57.7 Å². The molecule has 148 valence electrons. The zero-order chi connectivity index (χ0) is 17.2. The molecule has 2 atom stereocenters. The standard InChI is InChI=1S/C19H39N5.HI/c1-4-18-9-5-6-13-24(18)14-10-21-19(20-3)22-15-17(2)16-23-11-7-8-12-23;/h17-18H,4-16H2,1-3H3,(H2,20,21,22);1H. The number of guanidine groups is 1. The summed E-state index contributed by atoms with van der Waals surface area (Å²) < 4.78 is 0. The second-order valence-corrected chi connectivity index (χ2v) is 7.59. The molecule has 0 aromatic carbocycles. The first-order valence-corrected chi connectivity index (χ1v) is 10.1. The highest BCUT2D eigenvalue weighted by Gasteiger charge is 2.20. The average molecular weight is 465 g/mol. The lowest BCUT2D eigenvalue weighted by molar-refractivity contribution is 0.147. The average Bonchev–Trinajstić information content (AvgIpc) is 3.11. The number of piperidine rings is 1. The summed E-state index contributed by atoms with van der Waals surface area (Å²) in [4.78, 5) is 9.62. The summed E-state index contributed by atoms with van der Waals surface area (Å²) in [6.07, 6.45) is 8.16. The highest BCUT2D eigenvalue weighted by Crippen LogP contribution is 2.18. The Bertz CT molecular complexity index is 371. The predicted molar refractivity (Wildman–Crippen MR) is 119 cm³/mol. The van der Waals surface area contributed by atoms with Crippen molar-refractivity contribution in [3.63, 3.8) is 0 Å². The van der Waals surface area contributed by atoms with E-state index < -0.39 is 0 Å². The predicted octanol–water partition coefficient (Wildman–Crippen LogP) is 2.77. The van der Waals surface area contributed by atoms with Crippen LogP contribution in [-0.4, -0.2) is 74.7 Å². The van der Waals surface area contributed by atoms with Crippen LogP contribution in [0.2, 0.25) is 0 Å². The van der Waals surface area contributed by atoms with Crippen LogP contribution in [0.15, 0.2) is 4.99 Å². The van der Waals surface area contributed by atoms with E-state index in [0.29, 0.717) is 5.92 Å². The van der Waals surface area contributed by atoms with E-state index in [0.717, 1.165) is 31.6 Å². The number of aliphatic imine (C=N–C) groups is 1. The van der Waals surface area contributed by atoms with Gasteiger partial charge in [-0.1, -0.05) is 20.3 Å². The number of rotatable bonds is 8. The molecule has 5 nitrogen and oxygen atoms in total. The normalized spacial score (nSPS) is 24.0. The van der Waals surface area contributed by atoms with Gasteiger partial charge in [0.25, 0.3) is 0 Å². The zero-order valence-electron chi connectivity index (χ0n) is 16.6. The van der Waals surface area contributed by atoms with E-state index in [2.05, 4.69) is 39.3 Å². The van der Waals surface area contributed by atoms with Crippen LogP contribution in [0.5, 0.6) is 0 Å². The number of halogens is 1. The van der Waals surface area contributed by atoms with Crippen molar-refractivity contribution in [2.45, 2.75) is 58.4 Å². The molecule has 2 saturated heterocycles. The van der Waals surface area contributed by atoms with Gasteiger partial charge in [0.1, 0.15) is 0 Å².